The zero-order valence-electron chi connectivity index (χ0n) is 11.5. The Bertz CT molecular complexity index is 538. The largest absolute Gasteiger partial charge is 0.479 e. The molecule has 10 heteroatoms. The van der Waals surface area contributed by atoms with Crippen molar-refractivity contribution in [2.24, 2.45) is 0 Å². The first-order chi connectivity index (χ1) is 10.4. The predicted octanol–water partition coefficient (Wildman–Crippen LogP) is 4.76. The molecule has 0 aliphatic carbocycles. The second kappa shape index (κ2) is 6.56. The highest BCUT2D eigenvalue weighted by molar-refractivity contribution is 6.30. The van der Waals surface area contributed by atoms with Gasteiger partial charge in [-0.3, -0.25) is 0 Å². The van der Waals surface area contributed by atoms with E-state index in [2.05, 4.69) is 4.74 Å². The Morgan fingerprint density at radius 3 is 1.87 bits per heavy atom. The van der Waals surface area contributed by atoms with Gasteiger partial charge in [0.25, 0.3) is 0 Å². The number of carbonyl (C=O) groups is 1. The number of hydrogen-bond acceptors (Lipinski definition) is 2. The van der Waals surface area contributed by atoms with Crippen LogP contribution in [0.4, 0.5) is 26.3 Å². The molecule has 0 aliphatic heterocycles. The van der Waals surface area contributed by atoms with Gasteiger partial charge in [0, 0.05) is 5.02 Å². The molecule has 1 N–H and O–H groups in total. The summed E-state index contributed by atoms with van der Waals surface area (Å²) in [6.07, 6.45) is -14.5. The third-order valence-electron chi connectivity index (χ3n) is 3.03. The van der Waals surface area contributed by atoms with Crippen molar-refractivity contribution in [1.29, 1.82) is 0 Å². The van der Waals surface area contributed by atoms with E-state index in [-0.39, 0.29) is 17.0 Å². The Morgan fingerprint density at radius 1 is 1.13 bits per heavy atom. The van der Waals surface area contributed by atoms with Crippen LogP contribution in [0.5, 0.6) is 0 Å². The van der Waals surface area contributed by atoms with Crippen LogP contribution < -0.4 is 0 Å². The lowest BCUT2D eigenvalue weighted by Gasteiger charge is -2.36. The van der Waals surface area contributed by atoms with Crippen molar-refractivity contribution in [3.05, 3.63) is 34.9 Å². The predicted molar refractivity (Wildman–Crippen MR) is 68.0 cm³/mol. The van der Waals surface area contributed by atoms with E-state index in [9.17, 15) is 31.1 Å². The highest BCUT2D eigenvalue weighted by atomic mass is 35.5. The monoisotopic (exact) mass is 364 g/mol. The summed E-state index contributed by atoms with van der Waals surface area (Å²) in [6, 6.07) is 4.81. The van der Waals surface area contributed by atoms with Gasteiger partial charge in [0.05, 0.1) is 6.10 Å². The molecule has 130 valence electrons. The maximum Gasteiger partial charge on any atom is 0.437 e. The normalized spacial score (nSPS) is 14.6. The number of carboxylic acids is 1. The van der Waals surface area contributed by atoms with E-state index in [0.29, 0.717) is 0 Å². The van der Waals surface area contributed by atoms with Crippen molar-refractivity contribution in [3.8, 4) is 0 Å². The molecule has 0 bridgehead atoms. The van der Waals surface area contributed by atoms with Gasteiger partial charge in [-0.15, -0.1) is 0 Å². The van der Waals surface area contributed by atoms with Crippen LogP contribution in [0.1, 0.15) is 25.0 Å². The van der Waals surface area contributed by atoms with Crippen LogP contribution in [0.3, 0.4) is 0 Å². The molecule has 1 atom stereocenters. The van der Waals surface area contributed by atoms with Crippen molar-refractivity contribution in [1.82, 2.24) is 0 Å². The molecule has 0 fully saturated rings. The third kappa shape index (κ3) is 3.72. The molecule has 0 aromatic heterocycles. The summed E-state index contributed by atoms with van der Waals surface area (Å²) in [5.74, 6) is -3.18. The van der Waals surface area contributed by atoms with E-state index < -0.39 is 30.0 Å². The Balaban J connectivity index is 3.38. The second-order valence-corrected chi connectivity index (χ2v) is 4.98. The molecular formula is C13H11ClF6O3. The number of carboxylic acid groups (broad SMARTS) is 1. The third-order valence-corrected chi connectivity index (χ3v) is 3.28. The summed E-state index contributed by atoms with van der Waals surface area (Å²) in [5, 5.41) is 8.85. The molecule has 0 amide bonds. The van der Waals surface area contributed by atoms with Gasteiger partial charge < -0.3 is 9.84 Å². The molecule has 0 aliphatic rings. The average Bonchev–Trinajstić information content (AvgIpc) is 2.38. The quantitative estimate of drug-likeness (QED) is 0.767. The Morgan fingerprint density at radius 2 is 1.57 bits per heavy atom. The standard InChI is InChI=1S/C13H11ClF6O3/c1-2-9(7-3-5-8(14)6-4-7)23-11(10(21)22,12(15,16)17)13(18,19)20/h3-6,9H,2H2,1H3,(H,21,22). The molecule has 0 spiro atoms. The Kier molecular flexibility index (Phi) is 5.58. The fourth-order valence-corrected chi connectivity index (χ4v) is 1.99. The van der Waals surface area contributed by atoms with Crippen LogP contribution in [-0.4, -0.2) is 29.0 Å². The molecule has 0 radical (unpaired) electrons. The van der Waals surface area contributed by atoms with E-state index in [1.807, 2.05) is 0 Å². The first-order valence-corrected chi connectivity index (χ1v) is 6.54. The Labute approximate surface area is 131 Å². The number of halogens is 7. The number of benzene rings is 1. The number of ether oxygens (including phenoxy) is 1. The van der Waals surface area contributed by atoms with Gasteiger partial charge in [0.2, 0.25) is 0 Å². The lowest BCUT2D eigenvalue weighted by Crippen LogP contribution is -2.64. The molecule has 23 heavy (non-hydrogen) atoms. The van der Waals surface area contributed by atoms with Crippen LogP contribution in [0.25, 0.3) is 0 Å². The van der Waals surface area contributed by atoms with Gasteiger partial charge in [-0.05, 0) is 24.1 Å². The zero-order chi connectivity index (χ0) is 18.1. The molecule has 1 rings (SSSR count). The van der Waals surface area contributed by atoms with E-state index in [1.54, 1.807) is 0 Å². The number of rotatable bonds is 5. The van der Waals surface area contributed by atoms with Crippen LogP contribution in [0.2, 0.25) is 5.02 Å². The van der Waals surface area contributed by atoms with Crippen molar-refractivity contribution in [2.45, 2.75) is 37.4 Å². The molecule has 0 saturated heterocycles. The SMILES string of the molecule is CCC(OC(C(=O)O)(C(F)(F)F)C(F)(F)F)c1ccc(Cl)cc1. The maximum atomic E-state index is 13.0. The van der Waals surface area contributed by atoms with E-state index in [0.717, 1.165) is 12.1 Å². The molecule has 1 aromatic rings. The summed E-state index contributed by atoms with van der Waals surface area (Å²) in [6.45, 7) is 1.26. The minimum absolute atomic E-state index is 0.0592. The highest BCUT2D eigenvalue weighted by Gasteiger charge is 2.78. The fraction of sp³-hybridized carbons (Fsp3) is 0.462. The molecule has 1 unspecified atom stereocenters. The fourth-order valence-electron chi connectivity index (χ4n) is 1.87. The van der Waals surface area contributed by atoms with E-state index in [4.69, 9.17) is 16.7 Å². The van der Waals surface area contributed by atoms with Gasteiger partial charge in [0.15, 0.2) is 0 Å². The molecule has 3 nitrogen and oxygen atoms in total. The smallest absolute Gasteiger partial charge is 0.437 e. The molecular weight excluding hydrogens is 354 g/mol. The summed E-state index contributed by atoms with van der Waals surface area (Å²) >= 11 is 5.59. The van der Waals surface area contributed by atoms with Gasteiger partial charge in [-0.25, -0.2) is 4.79 Å². The summed E-state index contributed by atoms with van der Waals surface area (Å²) in [4.78, 5) is 10.9. The topological polar surface area (TPSA) is 46.5 Å². The summed E-state index contributed by atoms with van der Waals surface area (Å²) < 4.78 is 81.8. The van der Waals surface area contributed by atoms with Gasteiger partial charge in [-0.1, -0.05) is 30.7 Å². The van der Waals surface area contributed by atoms with E-state index in [1.165, 1.54) is 19.1 Å². The second-order valence-electron chi connectivity index (χ2n) is 4.55. The molecule has 1 aromatic carbocycles. The summed E-state index contributed by atoms with van der Waals surface area (Å²) in [5.41, 5.74) is -5.38. The van der Waals surface area contributed by atoms with Crippen LogP contribution in [-0.2, 0) is 9.53 Å². The van der Waals surface area contributed by atoms with Gasteiger partial charge in [-0.2, -0.15) is 26.3 Å². The summed E-state index contributed by atoms with van der Waals surface area (Å²) in [7, 11) is 0. The van der Waals surface area contributed by atoms with Crippen molar-refractivity contribution in [2.75, 3.05) is 0 Å². The zero-order valence-corrected chi connectivity index (χ0v) is 12.3. The number of aliphatic carboxylic acids is 1. The lowest BCUT2D eigenvalue weighted by atomic mass is 10.00. The Hall–Kier alpha value is -1.48. The van der Waals surface area contributed by atoms with Crippen molar-refractivity contribution >= 4 is 17.6 Å². The first-order valence-electron chi connectivity index (χ1n) is 6.17. The minimum Gasteiger partial charge on any atom is -0.479 e. The van der Waals surface area contributed by atoms with Crippen LogP contribution >= 0.6 is 11.6 Å². The van der Waals surface area contributed by atoms with E-state index >= 15 is 0 Å². The number of alkyl halides is 6. The molecule has 0 heterocycles. The van der Waals surface area contributed by atoms with Crippen LogP contribution in [0, 0.1) is 0 Å². The maximum absolute atomic E-state index is 13.0. The first kappa shape index (κ1) is 19.6. The molecule has 0 saturated carbocycles. The van der Waals surface area contributed by atoms with Crippen molar-refractivity contribution < 1.29 is 41.0 Å². The number of hydrogen-bond donors (Lipinski definition) is 1. The van der Waals surface area contributed by atoms with Gasteiger partial charge in [0.1, 0.15) is 0 Å². The van der Waals surface area contributed by atoms with Crippen LogP contribution in [0.15, 0.2) is 24.3 Å². The minimum atomic E-state index is -6.20. The highest BCUT2D eigenvalue weighted by Crippen LogP contribution is 2.49. The lowest BCUT2D eigenvalue weighted by molar-refractivity contribution is -0.377. The van der Waals surface area contributed by atoms with Gasteiger partial charge >= 0.3 is 23.9 Å². The average molecular weight is 365 g/mol. The van der Waals surface area contributed by atoms with Crippen molar-refractivity contribution in [3.63, 3.8) is 0 Å².